The number of anilines is 2. The van der Waals surface area contributed by atoms with Crippen molar-refractivity contribution in [3.63, 3.8) is 0 Å². The number of fused-ring (bicyclic) bond motifs is 1. The van der Waals surface area contributed by atoms with Crippen molar-refractivity contribution < 1.29 is 9.47 Å². The van der Waals surface area contributed by atoms with E-state index in [1.165, 1.54) is 31.2 Å². The third-order valence-corrected chi connectivity index (χ3v) is 5.75. The van der Waals surface area contributed by atoms with Crippen LogP contribution in [-0.2, 0) is 6.54 Å². The fraction of sp³-hybridized carbons (Fsp3) is 0.550. The molecule has 8 heteroatoms. The van der Waals surface area contributed by atoms with E-state index in [-0.39, 0.29) is 0 Å². The fourth-order valence-corrected chi connectivity index (χ4v) is 4.18. The van der Waals surface area contributed by atoms with Gasteiger partial charge in [-0.05, 0) is 30.5 Å². The number of hydrogen-bond donors (Lipinski definition) is 1. The minimum atomic E-state index is 0.320. The summed E-state index contributed by atoms with van der Waals surface area (Å²) in [7, 11) is 0. The van der Waals surface area contributed by atoms with Crippen LogP contribution < -0.4 is 19.7 Å². The Hall–Kier alpha value is -2.61. The molecule has 1 aromatic carbocycles. The zero-order valence-corrected chi connectivity index (χ0v) is 16.0. The predicted molar refractivity (Wildman–Crippen MR) is 106 cm³/mol. The first-order valence-electron chi connectivity index (χ1n) is 10.2. The Balaban J connectivity index is 1.17. The molecule has 8 nitrogen and oxygen atoms in total. The molecule has 3 aliphatic rings. The van der Waals surface area contributed by atoms with Gasteiger partial charge in [-0.1, -0.05) is 18.9 Å². The Morgan fingerprint density at radius 2 is 1.86 bits per heavy atom. The first kappa shape index (κ1) is 17.5. The Bertz CT molecular complexity index is 818. The van der Waals surface area contributed by atoms with Crippen molar-refractivity contribution in [3.05, 3.63) is 30.0 Å². The minimum absolute atomic E-state index is 0.320. The largest absolute Gasteiger partial charge is 0.454 e. The predicted octanol–water partition coefficient (Wildman–Crippen LogP) is 2.28. The molecule has 1 aromatic heterocycles. The van der Waals surface area contributed by atoms with Gasteiger partial charge in [0.25, 0.3) is 0 Å². The maximum Gasteiger partial charge on any atom is 0.247 e. The van der Waals surface area contributed by atoms with Crippen molar-refractivity contribution in [2.24, 2.45) is 0 Å². The van der Waals surface area contributed by atoms with Crippen LogP contribution in [0.15, 0.2) is 24.4 Å². The van der Waals surface area contributed by atoms with Crippen molar-refractivity contribution in [2.75, 3.05) is 43.2 Å². The summed E-state index contributed by atoms with van der Waals surface area (Å²) in [6, 6.07) is 6.73. The van der Waals surface area contributed by atoms with E-state index < -0.39 is 0 Å². The molecule has 2 fully saturated rings. The summed E-state index contributed by atoms with van der Waals surface area (Å²) in [5.41, 5.74) is 1.25. The highest BCUT2D eigenvalue weighted by Crippen LogP contribution is 2.33. The van der Waals surface area contributed by atoms with Crippen LogP contribution in [0.4, 0.5) is 11.8 Å². The fourth-order valence-electron chi connectivity index (χ4n) is 4.18. The minimum Gasteiger partial charge on any atom is -0.454 e. The Kier molecular flexibility index (Phi) is 4.86. The molecule has 1 N–H and O–H groups in total. The molecule has 1 aliphatic carbocycles. The van der Waals surface area contributed by atoms with Crippen molar-refractivity contribution in [1.29, 1.82) is 0 Å². The number of aromatic nitrogens is 3. The monoisotopic (exact) mass is 382 g/mol. The second-order valence-electron chi connectivity index (χ2n) is 7.72. The van der Waals surface area contributed by atoms with Crippen LogP contribution in [0, 0.1) is 0 Å². The summed E-state index contributed by atoms with van der Waals surface area (Å²) in [6.07, 6.45) is 6.77. The number of nitrogens with zero attached hydrogens (tertiary/aromatic N) is 5. The van der Waals surface area contributed by atoms with Gasteiger partial charge in [-0.2, -0.15) is 10.1 Å². The quantitative estimate of drug-likeness (QED) is 0.844. The molecule has 2 aromatic rings. The van der Waals surface area contributed by atoms with Crippen molar-refractivity contribution in [2.45, 2.75) is 38.3 Å². The summed E-state index contributed by atoms with van der Waals surface area (Å²) < 4.78 is 10.9. The Morgan fingerprint density at radius 1 is 1.04 bits per heavy atom. The van der Waals surface area contributed by atoms with Gasteiger partial charge in [-0.3, -0.25) is 4.90 Å². The third-order valence-electron chi connectivity index (χ3n) is 5.75. The van der Waals surface area contributed by atoms with Gasteiger partial charge < -0.3 is 19.7 Å². The molecule has 1 saturated heterocycles. The Morgan fingerprint density at radius 3 is 2.71 bits per heavy atom. The molecule has 0 radical (unpaired) electrons. The summed E-state index contributed by atoms with van der Waals surface area (Å²) in [4.78, 5) is 9.37. The van der Waals surface area contributed by atoms with Gasteiger partial charge in [0.05, 0.1) is 6.20 Å². The lowest BCUT2D eigenvalue weighted by atomic mass is 10.1. The van der Waals surface area contributed by atoms with Crippen LogP contribution in [0.2, 0.25) is 0 Å². The van der Waals surface area contributed by atoms with Gasteiger partial charge in [0.15, 0.2) is 17.3 Å². The van der Waals surface area contributed by atoms with Gasteiger partial charge in [-0.15, -0.1) is 5.10 Å². The number of hydrogen-bond acceptors (Lipinski definition) is 8. The second kappa shape index (κ2) is 7.79. The molecular weight excluding hydrogens is 356 g/mol. The molecule has 28 heavy (non-hydrogen) atoms. The average Bonchev–Trinajstić information content (AvgIpc) is 3.40. The van der Waals surface area contributed by atoms with Crippen LogP contribution in [0.1, 0.15) is 31.2 Å². The molecule has 2 aliphatic heterocycles. The normalized spacial score (nSPS) is 19.9. The lowest BCUT2D eigenvalue weighted by Crippen LogP contribution is -2.46. The van der Waals surface area contributed by atoms with Gasteiger partial charge in [0.1, 0.15) is 0 Å². The zero-order chi connectivity index (χ0) is 18.8. The van der Waals surface area contributed by atoms with E-state index in [1.807, 2.05) is 6.07 Å². The van der Waals surface area contributed by atoms with Gasteiger partial charge >= 0.3 is 0 Å². The summed E-state index contributed by atoms with van der Waals surface area (Å²) >= 11 is 0. The molecule has 0 spiro atoms. The number of piperazine rings is 1. The maximum absolute atomic E-state index is 5.48. The lowest BCUT2D eigenvalue weighted by molar-refractivity contribution is 0.174. The average molecular weight is 382 g/mol. The van der Waals surface area contributed by atoms with E-state index in [0.29, 0.717) is 12.8 Å². The van der Waals surface area contributed by atoms with Crippen LogP contribution in [-0.4, -0.2) is 59.1 Å². The molecule has 3 heterocycles. The second-order valence-corrected chi connectivity index (χ2v) is 7.72. The van der Waals surface area contributed by atoms with E-state index >= 15 is 0 Å². The van der Waals surface area contributed by atoms with E-state index in [2.05, 4.69) is 37.4 Å². The number of nitrogens with one attached hydrogen (secondary N) is 1. The highest BCUT2D eigenvalue weighted by molar-refractivity contribution is 5.44. The number of benzene rings is 1. The van der Waals surface area contributed by atoms with Crippen molar-refractivity contribution >= 4 is 11.8 Å². The zero-order valence-electron chi connectivity index (χ0n) is 16.0. The molecule has 0 atom stereocenters. The van der Waals surface area contributed by atoms with E-state index in [9.17, 15) is 0 Å². The molecule has 148 valence electrons. The molecular formula is C20H26N6O2. The Labute approximate surface area is 164 Å². The van der Waals surface area contributed by atoms with Crippen LogP contribution in [0.25, 0.3) is 0 Å². The summed E-state index contributed by atoms with van der Waals surface area (Å²) in [6.45, 7) is 4.97. The van der Waals surface area contributed by atoms with Gasteiger partial charge in [-0.25, -0.2) is 0 Å². The topological polar surface area (TPSA) is 75.6 Å². The van der Waals surface area contributed by atoms with Crippen LogP contribution in [0.5, 0.6) is 11.5 Å². The number of rotatable bonds is 5. The van der Waals surface area contributed by atoms with Gasteiger partial charge in [0, 0.05) is 38.8 Å². The third kappa shape index (κ3) is 3.82. The number of ether oxygens (including phenoxy) is 2. The van der Waals surface area contributed by atoms with Crippen molar-refractivity contribution in [1.82, 2.24) is 20.1 Å². The van der Waals surface area contributed by atoms with E-state index in [0.717, 1.165) is 56.0 Å². The molecule has 1 saturated carbocycles. The van der Waals surface area contributed by atoms with Crippen LogP contribution >= 0.6 is 0 Å². The molecule has 0 bridgehead atoms. The van der Waals surface area contributed by atoms with Crippen LogP contribution in [0.3, 0.4) is 0 Å². The first-order valence-corrected chi connectivity index (χ1v) is 10.2. The summed E-state index contributed by atoms with van der Waals surface area (Å²) in [5, 5.41) is 11.9. The SMILES string of the molecule is c1cc2c(cc1CN1CCN(c3nncc(NC4CCCC4)n3)CC1)OCO2. The van der Waals surface area contributed by atoms with E-state index in [4.69, 9.17) is 14.5 Å². The standard InChI is InChI=1S/C20H26N6O2/c1-2-4-16(3-1)22-19-12-21-24-20(23-19)26-9-7-25(8-10-26)13-15-5-6-17-18(11-15)28-14-27-17/h5-6,11-12,16H,1-4,7-10,13-14H2,(H,22,23,24). The molecule has 0 unspecified atom stereocenters. The maximum atomic E-state index is 5.48. The smallest absolute Gasteiger partial charge is 0.247 e. The highest BCUT2D eigenvalue weighted by Gasteiger charge is 2.22. The molecule has 5 rings (SSSR count). The van der Waals surface area contributed by atoms with Gasteiger partial charge in [0.2, 0.25) is 12.7 Å². The molecule has 0 amide bonds. The lowest BCUT2D eigenvalue weighted by Gasteiger charge is -2.34. The van der Waals surface area contributed by atoms with Crippen molar-refractivity contribution in [3.8, 4) is 11.5 Å². The van der Waals surface area contributed by atoms with E-state index in [1.54, 1.807) is 6.20 Å². The first-order chi connectivity index (χ1) is 13.8. The highest BCUT2D eigenvalue weighted by atomic mass is 16.7. The summed E-state index contributed by atoms with van der Waals surface area (Å²) in [5.74, 6) is 3.26.